The van der Waals surface area contributed by atoms with Crippen molar-refractivity contribution in [3.63, 3.8) is 0 Å². The lowest BCUT2D eigenvalue weighted by Gasteiger charge is -2.46. The van der Waals surface area contributed by atoms with Gasteiger partial charge in [-0.15, -0.1) is 0 Å². The Labute approximate surface area is 229 Å². The molecule has 0 saturated carbocycles. The SMILES string of the molecule is C[C@@H]1CN([C@@H](C)C(=O)[C@@]2(C(=O)O)CNc3cc(Cc4ccc(F)cc4)ccc32)[C@@H](CN2CCOC[C@H]2C)CN1. The number of carboxylic acids is 1. The highest BCUT2D eigenvalue weighted by molar-refractivity contribution is 6.14. The van der Waals surface area contributed by atoms with Gasteiger partial charge in [0.25, 0.3) is 0 Å². The number of nitrogens with zero attached hydrogens (tertiary/aromatic N) is 2. The number of benzene rings is 2. The molecule has 5 rings (SSSR count). The van der Waals surface area contributed by atoms with E-state index in [2.05, 4.69) is 34.3 Å². The van der Waals surface area contributed by atoms with E-state index in [1.807, 2.05) is 19.1 Å². The standard InChI is InChI=1S/C30H39FN4O4/c1-19-15-35(25(14-32-19)16-34-10-11-39-17-20(34)2)21(3)28(36)30(29(37)38)18-33-27-13-23(6-9-26(27)30)12-22-4-7-24(31)8-5-22/h4-9,13,19-21,25,32-33H,10-12,14-18H2,1-3H3,(H,37,38)/t19-,20-,21+,25-,30-/m1/s1. The molecule has 0 aliphatic carbocycles. The van der Waals surface area contributed by atoms with Crippen molar-refractivity contribution >= 4 is 17.4 Å². The summed E-state index contributed by atoms with van der Waals surface area (Å²) in [5.41, 5.74) is 1.44. The fourth-order valence-corrected chi connectivity index (χ4v) is 6.34. The van der Waals surface area contributed by atoms with E-state index < -0.39 is 17.4 Å². The van der Waals surface area contributed by atoms with Gasteiger partial charge in [0.05, 0.1) is 19.3 Å². The van der Waals surface area contributed by atoms with E-state index >= 15 is 0 Å². The molecule has 5 atom stereocenters. The Hall–Kier alpha value is -2.85. The Morgan fingerprint density at radius 2 is 1.92 bits per heavy atom. The van der Waals surface area contributed by atoms with Crippen molar-refractivity contribution in [1.82, 2.24) is 15.1 Å². The molecule has 8 nitrogen and oxygen atoms in total. The van der Waals surface area contributed by atoms with Crippen molar-refractivity contribution < 1.29 is 23.8 Å². The quantitative estimate of drug-likeness (QED) is 0.442. The summed E-state index contributed by atoms with van der Waals surface area (Å²) >= 11 is 0. The zero-order valence-corrected chi connectivity index (χ0v) is 23.0. The highest BCUT2D eigenvalue weighted by atomic mass is 19.1. The number of halogens is 1. The molecule has 3 heterocycles. The predicted octanol–water partition coefficient (Wildman–Crippen LogP) is 2.51. The first-order chi connectivity index (χ1) is 18.7. The molecule has 2 fully saturated rings. The fourth-order valence-electron chi connectivity index (χ4n) is 6.34. The molecule has 0 unspecified atom stereocenters. The van der Waals surface area contributed by atoms with Gasteiger partial charge in [0.2, 0.25) is 0 Å². The molecular formula is C30H39FN4O4. The third kappa shape index (κ3) is 5.45. The predicted molar refractivity (Wildman–Crippen MR) is 148 cm³/mol. The highest BCUT2D eigenvalue weighted by Gasteiger charge is 2.55. The first-order valence-electron chi connectivity index (χ1n) is 13.9. The first-order valence-corrected chi connectivity index (χ1v) is 13.9. The molecule has 3 aliphatic rings. The molecule has 0 radical (unpaired) electrons. The number of hydrogen-bond acceptors (Lipinski definition) is 7. The van der Waals surface area contributed by atoms with E-state index in [4.69, 9.17) is 4.74 Å². The number of piperazine rings is 1. The summed E-state index contributed by atoms with van der Waals surface area (Å²) in [6.07, 6.45) is 0.583. The lowest BCUT2D eigenvalue weighted by atomic mass is 9.75. The summed E-state index contributed by atoms with van der Waals surface area (Å²) in [6, 6.07) is 11.9. The van der Waals surface area contributed by atoms with Crippen LogP contribution in [0.15, 0.2) is 42.5 Å². The normalized spacial score (nSPS) is 28.5. The smallest absolute Gasteiger partial charge is 0.323 e. The van der Waals surface area contributed by atoms with E-state index in [-0.39, 0.29) is 30.2 Å². The number of ketones is 1. The second-order valence-corrected chi connectivity index (χ2v) is 11.4. The van der Waals surface area contributed by atoms with Crippen molar-refractivity contribution in [3.05, 3.63) is 65.0 Å². The molecule has 9 heteroatoms. The number of carbonyl (C=O) groups is 2. The van der Waals surface area contributed by atoms with Crippen LogP contribution in [0.1, 0.15) is 37.5 Å². The van der Waals surface area contributed by atoms with Crippen LogP contribution in [0.3, 0.4) is 0 Å². The third-order valence-electron chi connectivity index (χ3n) is 8.68. The third-order valence-corrected chi connectivity index (χ3v) is 8.68. The minimum absolute atomic E-state index is 0.0215. The number of fused-ring (bicyclic) bond motifs is 1. The number of rotatable bonds is 8. The molecule has 210 valence electrons. The summed E-state index contributed by atoms with van der Waals surface area (Å²) < 4.78 is 18.9. The molecule has 3 aliphatic heterocycles. The van der Waals surface area contributed by atoms with Gasteiger partial charge in [-0.3, -0.25) is 19.4 Å². The van der Waals surface area contributed by atoms with Crippen LogP contribution in [-0.4, -0.2) is 96.8 Å². The van der Waals surface area contributed by atoms with Gasteiger partial charge in [-0.25, -0.2) is 4.39 Å². The average Bonchev–Trinajstić information content (AvgIpc) is 3.31. The molecule has 3 N–H and O–H groups in total. The van der Waals surface area contributed by atoms with Crippen molar-refractivity contribution in [2.45, 2.75) is 56.8 Å². The number of aliphatic carboxylic acids is 1. The lowest BCUT2D eigenvalue weighted by molar-refractivity contribution is -0.150. The van der Waals surface area contributed by atoms with Gasteiger partial charge in [0.1, 0.15) is 5.82 Å². The Balaban J connectivity index is 1.39. The summed E-state index contributed by atoms with van der Waals surface area (Å²) in [5.74, 6) is -1.70. The molecule has 0 bridgehead atoms. The van der Waals surface area contributed by atoms with Crippen LogP contribution in [0.2, 0.25) is 0 Å². The minimum atomic E-state index is -1.66. The second kappa shape index (κ2) is 11.3. The van der Waals surface area contributed by atoms with Crippen molar-refractivity contribution in [2.75, 3.05) is 51.3 Å². The lowest BCUT2D eigenvalue weighted by Crippen LogP contribution is -2.65. The van der Waals surface area contributed by atoms with Crippen molar-refractivity contribution in [1.29, 1.82) is 0 Å². The van der Waals surface area contributed by atoms with Crippen LogP contribution < -0.4 is 10.6 Å². The first kappa shape index (κ1) is 27.7. The van der Waals surface area contributed by atoms with Gasteiger partial charge >= 0.3 is 5.97 Å². The van der Waals surface area contributed by atoms with Gasteiger partial charge < -0.3 is 20.5 Å². The van der Waals surface area contributed by atoms with Crippen molar-refractivity contribution in [2.24, 2.45) is 0 Å². The maximum absolute atomic E-state index is 14.2. The Kier molecular flexibility index (Phi) is 8.05. The highest BCUT2D eigenvalue weighted by Crippen LogP contribution is 2.40. The van der Waals surface area contributed by atoms with Gasteiger partial charge in [-0.2, -0.15) is 0 Å². The van der Waals surface area contributed by atoms with E-state index in [1.54, 1.807) is 18.2 Å². The number of nitrogens with one attached hydrogen (secondary N) is 2. The van der Waals surface area contributed by atoms with E-state index in [9.17, 15) is 19.1 Å². The van der Waals surface area contributed by atoms with Crippen LogP contribution in [0.4, 0.5) is 10.1 Å². The second-order valence-electron chi connectivity index (χ2n) is 11.4. The van der Waals surface area contributed by atoms with Gasteiger partial charge in [-0.1, -0.05) is 24.3 Å². The van der Waals surface area contributed by atoms with Crippen LogP contribution in [0, 0.1) is 5.82 Å². The number of hydrogen-bond donors (Lipinski definition) is 3. The van der Waals surface area contributed by atoms with E-state index in [0.29, 0.717) is 43.5 Å². The largest absolute Gasteiger partial charge is 0.480 e. The number of carboxylic acid groups (broad SMARTS) is 1. The van der Waals surface area contributed by atoms with Gasteiger partial charge in [-0.05, 0) is 56.5 Å². The average molecular weight is 539 g/mol. The zero-order valence-electron chi connectivity index (χ0n) is 23.0. The van der Waals surface area contributed by atoms with Crippen LogP contribution in [0.25, 0.3) is 0 Å². The maximum Gasteiger partial charge on any atom is 0.323 e. The molecular weight excluding hydrogens is 499 g/mol. The Morgan fingerprint density at radius 1 is 1.18 bits per heavy atom. The number of ether oxygens (including phenoxy) is 1. The van der Waals surface area contributed by atoms with Crippen LogP contribution >= 0.6 is 0 Å². The van der Waals surface area contributed by atoms with Crippen molar-refractivity contribution in [3.8, 4) is 0 Å². The number of carbonyl (C=O) groups excluding carboxylic acids is 1. The topological polar surface area (TPSA) is 94.1 Å². The number of Topliss-reactive ketones (excluding diaryl/α,β-unsaturated/α-hetero) is 1. The molecule has 0 aromatic heterocycles. The fraction of sp³-hybridized carbons (Fsp3) is 0.533. The summed E-state index contributed by atoms with van der Waals surface area (Å²) in [5, 5.41) is 17.3. The minimum Gasteiger partial charge on any atom is -0.480 e. The van der Waals surface area contributed by atoms with E-state index in [1.165, 1.54) is 12.1 Å². The number of morpholine rings is 1. The summed E-state index contributed by atoms with van der Waals surface area (Å²) in [7, 11) is 0. The number of anilines is 1. The summed E-state index contributed by atoms with van der Waals surface area (Å²) in [4.78, 5) is 31.7. The van der Waals surface area contributed by atoms with Gasteiger partial charge in [0.15, 0.2) is 11.2 Å². The molecule has 2 aromatic rings. The molecule has 2 saturated heterocycles. The molecule has 0 spiro atoms. The molecule has 2 aromatic carbocycles. The molecule has 39 heavy (non-hydrogen) atoms. The van der Waals surface area contributed by atoms with Crippen LogP contribution in [0.5, 0.6) is 0 Å². The monoisotopic (exact) mass is 538 g/mol. The summed E-state index contributed by atoms with van der Waals surface area (Å²) in [6.45, 7) is 10.6. The zero-order chi connectivity index (χ0) is 27.7. The van der Waals surface area contributed by atoms with Crippen LogP contribution in [-0.2, 0) is 26.2 Å². The Morgan fingerprint density at radius 3 is 2.64 bits per heavy atom. The maximum atomic E-state index is 14.2. The molecule has 0 amide bonds. The van der Waals surface area contributed by atoms with E-state index in [0.717, 1.165) is 30.8 Å². The Bertz CT molecular complexity index is 1210. The van der Waals surface area contributed by atoms with Gasteiger partial charge in [0, 0.05) is 62.1 Å².